The molecule has 1 aromatic rings. The molecule has 0 amide bonds. The number of hydrogen-bond donors (Lipinski definition) is 1. The zero-order valence-electron chi connectivity index (χ0n) is 11.2. The van der Waals surface area contributed by atoms with Crippen LogP contribution in [0.25, 0.3) is 0 Å². The van der Waals surface area contributed by atoms with Crippen LogP contribution in [0.15, 0.2) is 24.3 Å². The second kappa shape index (κ2) is 6.86. The molecule has 1 heterocycles. The SMILES string of the molecule is CN(CCCC1CCCN1)Cc1ccccc1F. The van der Waals surface area contributed by atoms with Gasteiger partial charge >= 0.3 is 0 Å². The van der Waals surface area contributed by atoms with Gasteiger partial charge in [0, 0.05) is 18.2 Å². The van der Waals surface area contributed by atoms with E-state index in [4.69, 9.17) is 0 Å². The summed E-state index contributed by atoms with van der Waals surface area (Å²) in [5.74, 6) is -0.0955. The van der Waals surface area contributed by atoms with Crippen molar-refractivity contribution in [3.63, 3.8) is 0 Å². The number of rotatable bonds is 6. The van der Waals surface area contributed by atoms with E-state index in [1.807, 2.05) is 12.1 Å². The maximum absolute atomic E-state index is 13.5. The number of halogens is 1. The van der Waals surface area contributed by atoms with E-state index in [2.05, 4.69) is 17.3 Å². The number of nitrogens with one attached hydrogen (secondary N) is 1. The molecule has 1 aromatic carbocycles. The lowest BCUT2D eigenvalue weighted by Crippen LogP contribution is -2.24. The van der Waals surface area contributed by atoms with Crippen LogP contribution in [0.5, 0.6) is 0 Å². The van der Waals surface area contributed by atoms with Crippen LogP contribution in [0.4, 0.5) is 4.39 Å². The van der Waals surface area contributed by atoms with Crippen molar-refractivity contribution in [1.29, 1.82) is 0 Å². The summed E-state index contributed by atoms with van der Waals surface area (Å²) in [4.78, 5) is 2.20. The van der Waals surface area contributed by atoms with E-state index in [1.54, 1.807) is 6.07 Å². The summed E-state index contributed by atoms with van der Waals surface area (Å²) in [5, 5.41) is 3.51. The van der Waals surface area contributed by atoms with Crippen LogP contribution < -0.4 is 5.32 Å². The van der Waals surface area contributed by atoms with Gasteiger partial charge in [-0.25, -0.2) is 4.39 Å². The second-order valence-corrected chi connectivity index (χ2v) is 5.26. The zero-order valence-corrected chi connectivity index (χ0v) is 11.2. The third kappa shape index (κ3) is 4.07. The first kappa shape index (κ1) is 13.5. The van der Waals surface area contributed by atoms with Crippen LogP contribution in [-0.4, -0.2) is 31.1 Å². The molecule has 1 saturated heterocycles. The Kier molecular flexibility index (Phi) is 5.14. The van der Waals surface area contributed by atoms with E-state index in [0.717, 1.165) is 12.1 Å². The molecule has 0 spiro atoms. The highest BCUT2D eigenvalue weighted by atomic mass is 19.1. The van der Waals surface area contributed by atoms with E-state index >= 15 is 0 Å². The largest absolute Gasteiger partial charge is 0.314 e. The van der Waals surface area contributed by atoms with Gasteiger partial charge in [0.05, 0.1) is 0 Å². The van der Waals surface area contributed by atoms with Gasteiger partial charge in [-0.05, 0) is 51.9 Å². The summed E-state index contributed by atoms with van der Waals surface area (Å²) >= 11 is 0. The zero-order chi connectivity index (χ0) is 12.8. The van der Waals surface area contributed by atoms with Crippen molar-refractivity contribution >= 4 is 0 Å². The summed E-state index contributed by atoms with van der Waals surface area (Å²) in [7, 11) is 2.06. The molecule has 1 aliphatic heterocycles. The number of nitrogens with zero attached hydrogens (tertiary/aromatic N) is 1. The van der Waals surface area contributed by atoms with Crippen molar-refractivity contribution in [3.8, 4) is 0 Å². The predicted octanol–water partition coefficient (Wildman–Crippen LogP) is 2.79. The molecule has 0 radical (unpaired) electrons. The Hall–Kier alpha value is -0.930. The van der Waals surface area contributed by atoms with Crippen molar-refractivity contribution in [3.05, 3.63) is 35.6 Å². The highest BCUT2D eigenvalue weighted by molar-refractivity contribution is 5.16. The summed E-state index contributed by atoms with van der Waals surface area (Å²) in [6, 6.07) is 7.75. The average Bonchev–Trinajstić information content (AvgIpc) is 2.85. The maximum atomic E-state index is 13.5. The molecule has 1 unspecified atom stereocenters. The van der Waals surface area contributed by atoms with Gasteiger partial charge in [-0.15, -0.1) is 0 Å². The van der Waals surface area contributed by atoms with Crippen LogP contribution in [0.3, 0.4) is 0 Å². The summed E-state index contributed by atoms with van der Waals surface area (Å²) in [6.07, 6.45) is 5.05. The molecule has 0 aromatic heterocycles. The molecule has 2 nitrogen and oxygen atoms in total. The lowest BCUT2D eigenvalue weighted by Gasteiger charge is -2.18. The van der Waals surface area contributed by atoms with Crippen molar-refractivity contribution < 1.29 is 4.39 Å². The van der Waals surface area contributed by atoms with Gasteiger partial charge < -0.3 is 10.2 Å². The maximum Gasteiger partial charge on any atom is 0.127 e. The smallest absolute Gasteiger partial charge is 0.127 e. The van der Waals surface area contributed by atoms with Gasteiger partial charge in [0.15, 0.2) is 0 Å². The van der Waals surface area contributed by atoms with Gasteiger partial charge in [0.2, 0.25) is 0 Å². The topological polar surface area (TPSA) is 15.3 Å². The molecule has 0 saturated carbocycles. The Balaban J connectivity index is 1.68. The van der Waals surface area contributed by atoms with Crippen molar-refractivity contribution in [1.82, 2.24) is 10.2 Å². The standard InChI is InChI=1S/C15H23FN2/c1-18(11-5-8-14-7-4-10-17-14)12-13-6-2-3-9-15(13)16/h2-3,6,9,14,17H,4-5,7-8,10-12H2,1H3. The molecule has 0 bridgehead atoms. The molecule has 1 atom stereocenters. The van der Waals surface area contributed by atoms with E-state index in [-0.39, 0.29) is 5.82 Å². The normalized spacial score (nSPS) is 19.6. The Labute approximate surface area is 109 Å². The van der Waals surface area contributed by atoms with Crippen LogP contribution in [0.1, 0.15) is 31.2 Å². The Morgan fingerprint density at radius 1 is 1.39 bits per heavy atom. The highest BCUT2D eigenvalue weighted by Crippen LogP contribution is 2.12. The number of benzene rings is 1. The number of hydrogen-bond acceptors (Lipinski definition) is 2. The van der Waals surface area contributed by atoms with Crippen molar-refractivity contribution in [2.45, 2.75) is 38.3 Å². The summed E-state index contributed by atoms with van der Waals surface area (Å²) < 4.78 is 13.5. The minimum absolute atomic E-state index is 0.0955. The Bertz CT molecular complexity index is 361. The fraction of sp³-hybridized carbons (Fsp3) is 0.600. The molecule has 0 aliphatic carbocycles. The van der Waals surface area contributed by atoms with Crippen molar-refractivity contribution in [2.24, 2.45) is 0 Å². The fourth-order valence-electron chi connectivity index (χ4n) is 2.61. The lowest BCUT2D eigenvalue weighted by molar-refractivity contribution is 0.307. The van der Waals surface area contributed by atoms with Crippen LogP contribution in [-0.2, 0) is 6.54 Å². The van der Waals surface area contributed by atoms with E-state index in [9.17, 15) is 4.39 Å². The van der Waals surface area contributed by atoms with Crippen LogP contribution in [0, 0.1) is 5.82 Å². The average molecular weight is 250 g/mol. The second-order valence-electron chi connectivity index (χ2n) is 5.26. The highest BCUT2D eigenvalue weighted by Gasteiger charge is 2.13. The van der Waals surface area contributed by atoms with Gasteiger partial charge in [0.1, 0.15) is 5.82 Å². The van der Waals surface area contributed by atoms with Gasteiger partial charge in [-0.2, -0.15) is 0 Å². The van der Waals surface area contributed by atoms with Crippen molar-refractivity contribution in [2.75, 3.05) is 20.1 Å². The minimum Gasteiger partial charge on any atom is -0.314 e. The van der Waals surface area contributed by atoms with Crippen LogP contribution in [0.2, 0.25) is 0 Å². The Morgan fingerprint density at radius 2 is 2.22 bits per heavy atom. The molecular weight excluding hydrogens is 227 g/mol. The van der Waals surface area contributed by atoms with Gasteiger partial charge in [0.25, 0.3) is 0 Å². The molecule has 3 heteroatoms. The predicted molar refractivity (Wildman–Crippen MR) is 73.0 cm³/mol. The molecule has 2 rings (SSSR count). The first-order valence-corrected chi connectivity index (χ1v) is 6.91. The first-order valence-electron chi connectivity index (χ1n) is 6.91. The Morgan fingerprint density at radius 3 is 2.94 bits per heavy atom. The van der Waals surface area contributed by atoms with E-state index < -0.39 is 0 Å². The molecule has 1 fully saturated rings. The third-order valence-corrected chi connectivity index (χ3v) is 3.65. The molecule has 1 N–H and O–H groups in total. The fourth-order valence-corrected chi connectivity index (χ4v) is 2.61. The van der Waals surface area contributed by atoms with Crippen LogP contribution >= 0.6 is 0 Å². The molecule has 1 aliphatic rings. The molecule has 18 heavy (non-hydrogen) atoms. The van der Waals surface area contributed by atoms with Gasteiger partial charge in [-0.3, -0.25) is 0 Å². The molecular formula is C15H23FN2. The molecule has 100 valence electrons. The lowest BCUT2D eigenvalue weighted by atomic mass is 10.1. The van der Waals surface area contributed by atoms with E-state index in [1.165, 1.54) is 38.3 Å². The third-order valence-electron chi connectivity index (χ3n) is 3.65. The minimum atomic E-state index is -0.0955. The monoisotopic (exact) mass is 250 g/mol. The van der Waals surface area contributed by atoms with E-state index in [0.29, 0.717) is 12.6 Å². The summed E-state index contributed by atoms with van der Waals surface area (Å²) in [6.45, 7) is 2.91. The van der Waals surface area contributed by atoms with Gasteiger partial charge in [-0.1, -0.05) is 18.2 Å². The summed E-state index contributed by atoms with van der Waals surface area (Å²) in [5.41, 5.74) is 0.791. The quantitative estimate of drug-likeness (QED) is 0.835. The first-order chi connectivity index (χ1) is 8.75.